The summed E-state index contributed by atoms with van der Waals surface area (Å²) in [6, 6.07) is 0. The van der Waals surface area contributed by atoms with Crippen LogP contribution in [-0.2, 0) is 18.7 Å². The molecular formula is C23H42O4Si. The maximum atomic E-state index is 12.0. The third kappa shape index (κ3) is 7.73. The minimum atomic E-state index is -1.84. The molecule has 162 valence electrons. The molecule has 0 aromatic heterocycles. The standard InChI is InChI=1S/C23H42O4Si/c1-23(2,3)28(4,5)27-21-18-20(24)17-19(21)13-9-7-6-8-11-15-25-22-14-10-12-16-26-22/h17,21-22H,6-16,18H2,1-5H3/t21-,22?/m0/s1. The number of ether oxygens (including phenoxy) is 2. The minimum absolute atomic E-state index is 0.0253. The Hall–Kier alpha value is -0.493. The predicted octanol–water partition coefficient (Wildman–Crippen LogP) is 6.16. The molecule has 0 N–H and O–H groups in total. The molecule has 1 aliphatic carbocycles. The Morgan fingerprint density at radius 1 is 1.11 bits per heavy atom. The lowest BCUT2D eigenvalue weighted by molar-refractivity contribution is -0.162. The molecule has 2 aliphatic rings. The van der Waals surface area contributed by atoms with E-state index in [1.807, 2.05) is 6.08 Å². The van der Waals surface area contributed by atoms with Gasteiger partial charge in [-0.2, -0.15) is 0 Å². The van der Waals surface area contributed by atoms with Crippen LogP contribution >= 0.6 is 0 Å². The fraction of sp³-hybridized carbons (Fsp3) is 0.870. The zero-order valence-electron chi connectivity index (χ0n) is 18.9. The maximum Gasteiger partial charge on any atom is 0.192 e. The summed E-state index contributed by atoms with van der Waals surface area (Å²) in [6.45, 7) is 13.0. The third-order valence-electron chi connectivity index (χ3n) is 6.44. The number of carbonyl (C=O) groups is 1. The van der Waals surface area contributed by atoms with Gasteiger partial charge in [-0.05, 0) is 68.3 Å². The van der Waals surface area contributed by atoms with Crippen LogP contribution in [0.25, 0.3) is 0 Å². The largest absolute Gasteiger partial charge is 0.410 e. The van der Waals surface area contributed by atoms with Gasteiger partial charge < -0.3 is 13.9 Å². The number of hydrogen-bond acceptors (Lipinski definition) is 4. The Morgan fingerprint density at radius 2 is 1.82 bits per heavy atom. The molecule has 1 unspecified atom stereocenters. The van der Waals surface area contributed by atoms with Crippen LogP contribution in [-0.4, -0.2) is 39.7 Å². The number of hydrogen-bond donors (Lipinski definition) is 0. The number of allylic oxidation sites excluding steroid dienone is 1. The second-order valence-electron chi connectivity index (χ2n) is 9.94. The fourth-order valence-electron chi connectivity index (χ4n) is 3.57. The molecule has 0 aromatic rings. The first-order valence-corrected chi connectivity index (χ1v) is 14.2. The fourth-order valence-corrected chi connectivity index (χ4v) is 4.87. The van der Waals surface area contributed by atoms with Gasteiger partial charge in [0.05, 0.1) is 6.10 Å². The molecule has 28 heavy (non-hydrogen) atoms. The highest BCUT2D eigenvalue weighted by atomic mass is 28.4. The Balaban J connectivity index is 1.59. The van der Waals surface area contributed by atoms with Gasteiger partial charge in [0.25, 0.3) is 0 Å². The summed E-state index contributed by atoms with van der Waals surface area (Å²) in [6.07, 6.45) is 12.8. The van der Waals surface area contributed by atoms with Crippen LogP contribution in [0.3, 0.4) is 0 Å². The molecule has 1 aliphatic heterocycles. The summed E-state index contributed by atoms with van der Waals surface area (Å²) in [5.41, 5.74) is 1.23. The summed E-state index contributed by atoms with van der Waals surface area (Å²) in [5.74, 6) is 0.237. The maximum absolute atomic E-state index is 12.0. The predicted molar refractivity (Wildman–Crippen MR) is 117 cm³/mol. The minimum Gasteiger partial charge on any atom is -0.410 e. The number of unbranched alkanes of at least 4 members (excludes halogenated alkanes) is 4. The highest BCUT2D eigenvalue weighted by Gasteiger charge is 2.41. The van der Waals surface area contributed by atoms with Gasteiger partial charge in [0.2, 0.25) is 0 Å². The normalized spacial score (nSPS) is 23.9. The summed E-state index contributed by atoms with van der Waals surface area (Å²) in [4.78, 5) is 12.0. The molecule has 1 heterocycles. The molecule has 0 amide bonds. The molecule has 0 bridgehead atoms. The molecule has 0 radical (unpaired) electrons. The zero-order chi connectivity index (χ0) is 20.6. The Kier molecular flexibility index (Phi) is 9.38. The van der Waals surface area contributed by atoms with Crippen molar-refractivity contribution in [3.8, 4) is 0 Å². The van der Waals surface area contributed by atoms with Crippen LogP contribution in [0.2, 0.25) is 18.1 Å². The summed E-state index contributed by atoms with van der Waals surface area (Å²) in [7, 11) is -1.84. The van der Waals surface area contributed by atoms with Gasteiger partial charge in [0.1, 0.15) is 0 Å². The smallest absolute Gasteiger partial charge is 0.192 e. The molecule has 0 spiro atoms. The topological polar surface area (TPSA) is 44.8 Å². The molecule has 2 rings (SSSR count). The SMILES string of the molecule is CC(C)(C)[Si](C)(C)O[C@H]1CC(=O)C=C1CCCCCCCOC1CCCCO1. The first-order chi connectivity index (χ1) is 13.2. The lowest BCUT2D eigenvalue weighted by Gasteiger charge is -2.39. The van der Waals surface area contributed by atoms with E-state index in [4.69, 9.17) is 13.9 Å². The van der Waals surface area contributed by atoms with E-state index >= 15 is 0 Å². The number of ketones is 1. The van der Waals surface area contributed by atoms with E-state index in [1.165, 1.54) is 37.7 Å². The molecular weight excluding hydrogens is 368 g/mol. The molecule has 4 nitrogen and oxygen atoms in total. The van der Waals surface area contributed by atoms with E-state index in [-0.39, 0.29) is 23.2 Å². The van der Waals surface area contributed by atoms with E-state index in [2.05, 4.69) is 33.9 Å². The van der Waals surface area contributed by atoms with Crippen LogP contribution in [0.1, 0.15) is 85.0 Å². The Labute approximate surface area is 173 Å². The Bertz CT molecular complexity index is 515. The number of rotatable bonds is 11. The molecule has 1 fully saturated rings. The van der Waals surface area contributed by atoms with Gasteiger partial charge in [-0.25, -0.2) is 0 Å². The van der Waals surface area contributed by atoms with Crippen molar-refractivity contribution in [3.05, 3.63) is 11.6 Å². The molecule has 0 aromatic carbocycles. The van der Waals surface area contributed by atoms with E-state index < -0.39 is 8.32 Å². The van der Waals surface area contributed by atoms with Crippen molar-refractivity contribution < 1.29 is 18.7 Å². The van der Waals surface area contributed by atoms with Crippen LogP contribution in [0.5, 0.6) is 0 Å². The van der Waals surface area contributed by atoms with Gasteiger partial charge in [0.15, 0.2) is 20.4 Å². The van der Waals surface area contributed by atoms with Crippen molar-refractivity contribution in [2.24, 2.45) is 0 Å². The lowest BCUT2D eigenvalue weighted by atomic mass is 10.0. The van der Waals surface area contributed by atoms with Gasteiger partial charge in [-0.15, -0.1) is 0 Å². The molecule has 0 saturated carbocycles. The van der Waals surface area contributed by atoms with Crippen LogP contribution < -0.4 is 0 Å². The molecule has 2 atom stereocenters. The molecule has 5 heteroatoms. The van der Waals surface area contributed by atoms with E-state index in [9.17, 15) is 4.79 Å². The second-order valence-corrected chi connectivity index (χ2v) is 14.7. The third-order valence-corrected chi connectivity index (χ3v) is 10.9. The number of carbonyl (C=O) groups excluding carboxylic acids is 1. The zero-order valence-corrected chi connectivity index (χ0v) is 19.9. The highest BCUT2D eigenvalue weighted by molar-refractivity contribution is 6.74. The average molecular weight is 411 g/mol. The van der Waals surface area contributed by atoms with Crippen molar-refractivity contribution >= 4 is 14.1 Å². The van der Waals surface area contributed by atoms with Crippen molar-refractivity contribution in [2.45, 2.75) is 116 Å². The first kappa shape index (κ1) is 23.8. The van der Waals surface area contributed by atoms with Crippen molar-refractivity contribution in [1.29, 1.82) is 0 Å². The van der Waals surface area contributed by atoms with E-state index in [1.54, 1.807) is 0 Å². The quantitative estimate of drug-likeness (QED) is 0.302. The van der Waals surface area contributed by atoms with Gasteiger partial charge >= 0.3 is 0 Å². The summed E-state index contributed by atoms with van der Waals surface area (Å²) < 4.78 is 17.9. The first-order valence-electron chi connectivity index (χ1n) is 11.3. The van der Waals surface area contributed by atoms with Crippen LogP contribution in [0, 0.1) is 0 Å². The second kappa shape index (κ2) is 11.0. The summed E-state index contributed by atoms with van der Waals surface area (Å²) in [5, 5.41) is 0.175. The Morgan fingerprint density at radius 3 is 2.50 bits per heavy atom. The van der Waals surface area contributed by atoms with Gasteiger partial charge in [-0.3, -0.25) is 4.79 Å². The monoisotopic (exact) mass is 410 g/mol. The summed E-state index contributed by atoms with van der Waals surface area (Å²) >= 11 is 0. The van der Waals surface area contributed by atoms with Gasteiger partial charge in [-0.1, -0.05) is 40.0 Å². The van der Waals surface area contributed by atoms with Gasteiger partial charge in [0, 0.05) is 19.6 Å². The van der Waals surface area contributed by atoms with Crippen LogP contribution in [0.15, 0.2) is 11.6 Å². The average Bonchev–Trinajstić information content (AvgIpc) is 2.95. The van der Waals surface area contributed by atoms with Crippen molar-refractivity contribution in [2.75, 3.05) is 13.2 Å². The van der Waals surface area contributed by atoms with E-state index in [0.717, 1.165) is 38.9 Å². The lowest BCUT2D eigenvalue weighted by Crippen LogP contribution is -2.44. The van der Waals surface area contributed by atoms with E-state index in [0.29, 0.717) is 6.42 Å². The van der Waals surface area contributed by atoms with Crippen molar-refractivity contribution in [3.63, 3.8) is 0 Å². The highest BCUT2D eigenvalue weighted by Crippen LogP contribution is 2.39. The van der Waals surface area contributed by atoms with Crippen LogP contribution in [0.4, 0.5) is 0 Å². The molecule has 1 saturated heterocycles. The van der Waals surface area contributed by atoms with Crippen molar-refractivity contribution in [1.82, 2.24) is 0 Å².